The summed E-state index contributed by atoms with van der Waals surface area (Å²) in [6, 6.07) is 3.75. The van der Waals surface area contributed by atoms with Crippen LogP contribution in [0.25, 0.3) is 0 Å². The first-order chi connectivity index (χ1) is 10.5. The number of carbonyl (C=O) groups excluding carboxylic acids is 1. The topological polar surface area (TPSA) is 32.3 Å². The zero-order valence-electron chi connectivity index (χ0n) is 13.6. The third kappa shape index (κ3) is 5.74. The molecule has 130 valence electrons. The maximum absolute atomic E-state index is 13.2. The number of benzene rings is 1. The van der Waals surface area contributed by atoms with Gasteiger partial charge >= 0.3 is 0 Å². The minimum absolute atomic E-state index is 0. The van der Waals surface area contributed by atoms with E-state index in [2.05, 4.69) is 12.2 Å². The smallest absolute Gasteiger partial charge is 0.222 e. The molecule has 3 nitrogen and oxygen atoms in total. The second-order valence-electron chi connectivity index (χ2n) is 6.29. The van der Waals surface area contributed by atoms with Gasteiger partial charge in [0, 0.05) is 20.0 Å². The van der Waals surface area contributed by atoms with Gasteiger partial charge in [0.15, 0.2) is 11.6 Å². The van der Waals surface area contributed by atoms with Crippen molar-refractivity contribution < 1.29 is 13.6 Å². The van der Waals surface area contributed by atoms with Gasteiger partial charge in [0.2, 0.25) is 5.91 Å². The Labute approximate surface area is 142 Å². The summed E-state index contributed by atoms with van der Waals surface area (Å²) >= 11 is 0. The van der Waals surface area contributed by atoms with Crippen molar-refractivity contribution in [3.05, 3.63) is 35.4 Å². The van der Waals surface area contributed by atoms with Gasteiger partial charge in [-0.2, -0.15) is 0 Å². The van der Waals surface area contributed by atoms with E-state index in [4.69, 9.17) is 0 Å². The van der Waals surface area contributed by atoms with Crippen molar-refractivity contribution in [3.8, 4) is 0 Å². The lowest BCUT2D eigenvalue weighted by Crippen LogP contribution is -2.36. The molecule has 1 aliphatic rings. The minimum atomic E-state index is -0.875. The van der Waals surface area contributed by atoms with Gasteiger partial charge in [0.1, 0.15) is 0 Å². The average molecular weight is 347 g/mol. The molecule has 23 heavy (non-hydrogen) atoms. The molecule has 1 N–H and O–H groups in total. The largest absolute Gasteiger partial charge is 0.341 e. The summed E-state index contributed by atoms with van der Waals surface area (Å²) < 4.78 is 26.1. The van der Waals surface area contributed by atoms with E-state index in [9.17, 15) is 13.6 Å². The first-order valence-electron chi connectivity index (χ1n) is 7.86. The minimum Gasteiger partial charge on any atom is -0.341 e. The van der Waals surface area contributed by atoms with Crippen LogP contribution in [0.3, 0.4) is 0 Å². The third-order valence-corrected chi connectivity index (χ3v) is 4.47. The van der Waals surface area contributed by atoms with E-state index in [0.717, 1.165) is 38.1 Å². The van der Waals surface area contributed by atoms with Crippen LogP contribution in [0, 0.1) is 23.5 Å². The molecule has 2 unspecified atom stereocenters. The fourth-order valence-electron chi connectivity index (χ4n) is 2.96. The molecule has 1 fully saturated rings. The average Bonchev–Trinajstić information content (AvgIpc) is 2.51. The Balaban J connectivity index is 0.00000264. The number of rotatable bonds is 5. The highest BCUT2D eigenvalue weighted by atomic mass is 35.5. The number of nitrogens with one attached hydrogen (secondary N) is 1. The van der Waals surface area contributed by atoms with Crippen molar-refractivity contribution in [3.63, 3.8) is 0 Å². The number of amides is 1. The van der Waals surface area contributed by atoms with Crippen LogP contribution in [0.5, 0.6) is 0 Å². The lowest BCUT2D eigenvalue weighted by Gasteiger charge is -2.29. The van der Waals surface area contributed by atoms with Crippen LogP contribution >= 0.6 is 12.4 Å². The van der Waals surface area contributed by atoms with Gasteiger partial charge < -0.3 is 10.2 Å². The fraction of sp³-hybridized carbons (Fsp3) is 0.588. The molecule has 1 heterocycles. The van der Waals surface area contributed by atoms with Gasteiger partial charge in [-0.1, -0.05) is 13.0 Å². The highest BCUT2D eigenvalue weighted by Gasteiger charge is 2.23. The molecule has 2 rings (SSSR count). The molecule has 1 aromatic carbocycles. The number of carbonyl (C=O) groups is 1. The number of piperidine rings is 1. The van der Waals surface area contributed by atoms with E-state index in [1.807, 2.05) is 0 Å². The normalized spacial score (nSPS) is 18.9. The summed E-state index contributed by atoms with van der Waals surface area (Å²) in [5.41, 5.74) is 0.599. The highest BCUT2D eigenvalue weighted by molar-refractivity contribution is 5.85. The number of hydrogen-bond acceptors (Lipinski definition) is 2. The molecule has 1 saturated heterocycles. The Kier molecular flexibility index (Phi) is 7.92. The van der Waals surface area contributed by atoms with Crippen LogP contribution in [0.2, 0.25) is 0 Å². The van der Waals surface area contributed by atoms with Crippen LogP contribution in [0.1, 0.15) is 31.7 Å². The van der Waals surface area contributed by atoms with Gasteiger partial charge in [-0.05, 0) is 55.5 Å². The van der Waals surface area contributed by atoms with Crippen LogP contribution in [-0.4, -0.2) is 30.9 Å². The molecule has 0 aromatic heterocycles. The quantitative estimate of drug-likeness (QED) is 0.886. The van der Waals surface area contributed by atoms with Crippen LogP contribution in [0.4, 0.5) is 8.78 Å². The molecular weight excluding hydrogens is 322 g/mol. The summed E-state index contributed by atoms with van der Waals surface area (Å²) in [4.78, 5) is 13.9. The molecule has 0 radical (unpaired) electrons. The van der Waals surface area contributed by atoms with Gasteiger partial charge in [0.05, 0.1) is 0 Å². The molecule has 1 amide bonds. The van der Waals surface area contributed by atoms with Crippen molar-refractivity contribution >= 4 is 18.3 Å². The zero-order valence-corrected chi connectivity index (χ0v) is 14.5. The predicted molar refractivity (Wildman–Crippen MR) is 89.5 cm³/mol. The monoisotopic (exact) mass is 346 g/mol. The Hall–Kier alpha value is -1.20. The van der Waals surface area contributed by atoms with E-state index in [0.29, 0.717) is 30.4 Å². The fourth-order valence-corrected chi connectivity index (χ4v) is 2.96. The maximum Gasteiger partial charge on any atom is 0.222 e. The number of hydrogen-bond donors (Lipinski definition) is 1. The van der Waals surface area contributed by atoms with Crippen molar-refractivity contribution in [1.29, 1.82) is 0 Å². The Bertz CT molecular complexity index is 521. The SMILES string of the molecule is CC(CC(=O)N(C)Cc1ccc(F)c(F)c1)C1CCCNC1.Cl. The van der Waals surface area contributed by atoms with Gasteiger partial charge in [0.25, 0.3) is 0 Å². The molecule has 0 spiro atoms. The van der Waals surface area contributed by atoms with E-state index in [-0.39, 0.29) is 18.3 Å². The molecule has 0 saturated carbocycles. The third-order valence-electron chi connectivity index (χ3n) is 4.47. The Morgan fingerprint density at radius 2 is 2.13 bits per heavy atom. The van der Waals surface area contributed by atoms with Crippen molar-refractivity contribution in [1.82, 2.24) is 10.2 Å². The van der Waals surface area contributed by atoms with Crippen LogP contribution in [0.15, 0.2) is 18.2 Å². The van der Waals surface area contributed by atoms with Crippen LogP contribution < -0.4 is 5.32 Å². The lowest BCUT2D eigenvalue weighted by atomic mass is 9.85. The van der Waals surface area contributed by atoms with E-state index in [1.54, 1.807) is 11.9 Å². The molecule has 1 aliphatic heterocycles. The Morgan fingerprint density at radius 3 is 2.74 bits per heavy atom. The van der Waals surface area contributed by atoms with Gasteiger partial charge in [-0.3, -0.25) is 4.79 Å². The second-order valence-corrected chi connectivity index (χ2v) is 6.29. The van der Waals surface area contributed by atoms with Crippen LogP contribution in [-0.2, 0) is 11.3 Å². The number of nitrogens with zero attached hydrogens (tertiary/aromatic N) is 1. The highest BCUT2D eigenvalue weighted by Crippen LogP contribution is 2.23. The molecule has 0 aliphatic carbocycles. The summed E-state index contributed by atoms with van der Waals surface area (Å²) in [6.45, 7) is 4.45. The molecule has 0 bridgehead atoms. The molecular formula is C17H25ClF2N2O. The zero-order chi connectivity index (χ0) is 16.1. The van der Waals surface area contributed by atoms with Crippen molar-refractivity contribution in [2.75, 3.05) is 20.1 Å². The van der Waals surface area contributed by atoms with Gasteiger partial charge in [-0.25, -0.2) is 8.78 Å². The van der Waals surface area contributed by atoms with Crippen molar-refractivity contribution in [2.24, 2.45) is 11.8 Å². The summed E-state index contributed by atoms with van der Waals surface area (Å²) in [6.07, 6.45) is 2.81. The summed E-state index contributed by atoms with van der Waals surface area (Å²) in [7, 11) is 1.70. The second kappa shape index (κ2) is 9.18. The van der Waals surface area contributed by atoms with Crippen molar-refractivity contribution in [2.45, 2.75) is 32.7 Å². The molecule has 6 heteroatoms. The maximum atomic E-state index is 13.2. The van der Waals surface area contributed by atoms with E-state index in [1.165, 1.54) is 6.07 Å². The molecule has 2 atom stereocenters. The predicted octanol–water partition coefficient (Wildman–Crippen LogP) is 3.37. The van der Waals surface area contributed by atoms with E-state index >= 15 is 0 Å². The van der Waals surface area contributed by atoms with E-state index < -0.39 is 11.6 Å². The standard InChI is InChI=1S/C17H24F2N2O.ClH/c1-12(14-4-3-7-20-10-14)8-17(22)21(2)11-13-5-6-15(18)16(19)9-13;/h5-6,9,12,14,20H,3-4,7-8,10-11H2,1-2H3;1H. The Morgan fingerprint density at radius 1 is 1.39 bits per heavy atom. The lowest BCUT2D eigenvalue weighted by molar-refractivity contribution is -0.131. The van der Waals surface area contributed by atoms with Gasteiger partial charge in [-0.15, -0.1) is 12.4 Å². The number of halogens is 3. The first-order valence-corrected chi connectivity index (χ1v) is 7.86. The first kappa shape index (κ1) is 19.8. The summed E-state index contributed by atoms with van der Waals surface area (Å²) in [5, 5.41) is 3.37. The summed E-state index contributed by atoms with van der Waals surface area (Å²) in [5.74, 6) is -0.832. The molecule has 1 aromatic rings.